The normalized spacial score (nSPS) is 12.9. The molecule has 0 bridgehead atoms. The highest BCUT2D eigenvalue weighted by Crippen LogP contribution is 2.18. The third-order valence-corrected chi connectivity index (χ3v) is 4.57. The van der Waals surface area contributed by atoms with Crippen molar-refractivity contribution in [3.05, 3.63) is 35.9 Å². The van der Waals surface area contributed by atoms with Crippen molar-refractivity contribution in [1.29, 1.82) is 0 Å². The van der Waals surface area contributed by atoms with Crippen molar-refractivity contribution in [2.75, 3.05) is 6.54 Å². The molecule has 0 unspecified atom stereocenters. The molecule has 6 heteroatoms. The second-order valence-electron chi connectivity index (χ2n) is 7.98. The third kappa shape index (κ3) is 10.0. The second-order valence-corrected chi connectivity index (χ2v) is 7.98. The Balaban J connectivity index is 2.92. The first kappa shape index (κ1) is 24.5. The summed E-state index contributed by atoms with van der Waals surface area (Å²) in [6.45, 7) is 7.25. The first-order chi connectivity index (χ1) is 13.7. The van der Waals surface area contributed by atoms with Crippen LogP contribution in [0.4, 0.5) is 0 Å². The second kappa shape index (κ2) is 12.9. The van der Waals surface area contributed by atoms with E-state index < -0.39 is 12.0 Å². The van der Waals surface area contributed by atoms with Crippen LogP contribution in [0.2, 0.25) is 0 Å². The molecule has 0 fully saturated rings. The molecule has 1 aromatic carbocycles. The Morgan fingerprint density at radius 2 is 1.69 bits per heavy atom. The quantitative estimate of drug-likeness (QED) is 0.531. The molecule has 0 aliphatic carbocycles. The van der Waals surface area contributed by atoms with Crippen molar-refractivity contribution < 1.29 is 19.2 Å². The highest BCUT2D eigenvalue weighted by molar-refractivity contribution is 5.93. The summed E-state index contributed by atoms with van der Waals surface area (Å²) in [7, 11) is 0. The standard InChI is InChI=1S/C23H34N2O4/c1-5-9-22(28)25-20(13-18-10-7-6-8-11-18)21(27)14-19(12-16(2)3)23(29)24-15-17(4)26/h6-8,10-11,16,19-20H,5,9,12-15H2,1-4H3,(H,24,29)(H,25,28)/t19-,20+/m1/s1. The monoisotopic (exact) mass is 402 g/mol. The number of carbonyl (C=O) groups is 4. The van der Waals surface area contributed by atoms with Crippen LogP contribution >= 0.6 is 0 Å². The predicted octanol–water partition coefficient (Wildman–Crippen LogP) is 2.84. The highest BCUT2D eigenvalue weighted by Gasteiger charge is 2.28. The van der Waals surface area contributed by atoms with E-state index in [4.69, 9.17) is 0 Å². The number of ketones is 2. The van der Waals surface area contributed by atoms with Crippen molar-refractivity contribution in [3.63, 3.8) is 0 Å². The average molecular weight is 403 g/mol. The zero-order valence-corrected chi connectivity index (χ0v) is 18.0. The minimum Gasteiger partial charge on any atom is -0.349 e. The maximum absolute atomic E-state index is 13.1. The van der Waals surface area contributed by atoms with E-state index in [9.17, 15) is 19.2 Å². The molecule has 0 heterocycles. The van der Waals surface area contributed by atoms with Gasteiger partial charge in [-0.25, -0.2) is 0 Å². The summed E-state index contributed by atoms with van der Waals surface area (Å²) in [4.78, 5) is 48.9. The lowest BCUT2D eigenvalue weighted by molar-refractivity contribution is -0.132. The molecule has 160 valence electrons. The Bertz CT molecular complexity index is 685. The first-order valence-electron chi connectivity index (χ1n) is 10.4. The molecule has 0 aromatic heterocycles. The number of hydrogen-bond acceptors (Lipinski definition) is 4. The molecule has 0 saturated carbocycles. The Morgan fingerprint density at radius 3 is 2.24 bits per heavy atom. The molecule has 2 N–H and O–H groups in total. The largest absolute Gasteiger partial charge is 0.349 e. The summed E-state index contributed by atoms with van der Waals surface area (Å²) in [5.41, 5.74) is 0.948. The van der Waals surface area contributed by atoms with Gasteiger partial charge < -0.3 is 10.6 Å². The van der Waals surface area contributed by atoms with Gasteiger partial charge in [0.15, 0.2) is 5.78 Å². The number of carbonyl (C=O) groups excluding carboxylic acids is 4. The number of hydrogen-bond donors (Lipinski definition) is 2. The van der Waals surface area contributed by atoms with Gasteiger partial charge in [0.2, 0.25) is 11.8 Å². The van der Waals surface area contributed by atoms with Crippen LogP contribution in [0.25, 0.3) is 0 Å². The molecule has 2 atom stereocenters. The van der Waals surface area contributed by atoms with Crippen LogP contribution in [0, 0.1) is 11.8 Å². The molecular formula is C23H34N2O4. The zero-order chi connectivity index (χ0) is 21.8. The van der Waals surface area contributed by atoms with E-state index in [2.05, 4.69) is 10.6 Å². The van der Waals surface area contributed by atoms with Crippen LogP contribution in [-0.2, 0) is 25.6 Å². The van der Waals surface area contributed by atoms with Crippen molar-refractivity contribution in [1.82, 2.24) is 10.6 Å². The van der Waals surface area contributed by atoms with Gasteiger partial charge in [-0.15, -0.1) is 0 Å². The van der Waals surface area contributed by atoms with Gasteiger partial charge in [-0.3, -0.25) is 19.2 Å². The van der Waals surface area contributed by atoms with E-state index in [0.717, 1.165) is 5.56 Å². The SMILES string of the molecule is CCCC(=O)N[C@@H](Cc1ccccc1)C(=O)C[C@@H](CC(C)C)C(=O)NCC(C)=O. The molecule has 0 aliphatic heterocycles. The van der Waals surface area contributed by atoms with Gasteiger partial charge in [-0.1, -0.05) is 51.1 Å². The predicted molar refractivity (Wildman–Crippen MR) is 113 cm³/mol. The number of Topliss-reactive ketones (excluding diaryl/α,β-unsaturated/α-hetero) is 2. The van der Waals surface area contributed by atoms with Gasteiger partial charge in [-0.05, 0) is 37.7 Å². The topological polar surface area (TPSA) is 92.3 Å². The van der Waals surface area contributed by atoms with Gasteiger partial charge >= 0.3 is 0 Å². The third-order valence-electron chi connectivity index (χ3n) is 4.57. The van der Waals surface area contributed by atoms with Crippen molar-refractivity contribution in [2.24, 2.45) is 11.8 Å². The minimum absolute atomic E-state index is 0.0336. The fraction of sp³-hybridized carbons (Fsp3) is 0.565. The van der Waals surface area contributed by atoms with Crippen LogP contribution in [0.1, 0.15) is 58.9 Å². The molecule has 2 amide bonds. The first-order valence-corrected chi connectivity index (χ1v) is 10.4. The van der Waals surface area contributed by atoms with E-state index in [0.29, 0.717) is 25.7 Å². The molecule has 0 radical (unpaired) electrons. The molecule has 0 aliphatic rings. The number of rotatable bonds is 13. The highest BCUT2D eigenvalue weighted by atomic mass is 16.2. The Kier molecular flexibility index (Phi) is 10.9. The summed E-state index contributed by atoms with van der Waals surface area (Å²) in [5.74, 6) is -1.06. The maximum atomic E-state index is 13.1. The molecule has 6 nitrogen and oxygen atoms in total. The van der Waals surface area contributed by atoms with Crippen LogP contribution < -0.4 is 10.6 Å². The summed E-state index contributed by atoms with van der Waals surface area (Å²) in [5, 5.41) is 5.45. The summed E-state index contributed by atoms with van der Waals surface area (Å²) in [6.07, 6.45) is 2.01. The van der Waals surface area contributed by atoms with Crippen LogP contribution in [0.3, 0.4) is 0 Å². The van der Waals surface area contributed by atoms with E-state index in [1.54, 1.807) is 0 Å². The van der Waals surface area contributed by atoms with Crippen molar-refractivity contribution in [2.45, 2.75) is 65.8 Å². The van der Waals surface area contributed by atoms with Gasteiger partial charge in [0.1, 0.15) is 5.78 Å². The molecule has 0 saturated heterocycles. The number of nitrogens with one attached hydrogen (secondary N) is 2. The fourth-order valence-corrected chi connectivity index (χ4v) is 3.18. The van der Waals surface area contributed by atoms with Crippen LogP contribution in [-0.4, -0.2) is 36.0 Å². The fourth-order valence-electron chi connectivity index (χ4n) is 3.18. The Labute approximate surface area is 173 Å². The molecule has 0 spiro atoms. The van der Waals surface area contributed by atoms with Crippen LogP contribution in [0.5, 0.6) is 0 Å². The minimum atomic E-state index is -0.674. The summed E-state index contributed by atoms with van der Waals surface area (Å²) >= 11 is 0. The lowest BCUT2D eigenvalue weighted by Gasteiger charge is -2.22. The molecule has 1 rings (SSSR count). The van der Waals surface area contributed by atoms with Gasteiger partial charge in [0, 0.05) is 18.8 Å². The molecular weight excluding hydrogens is 368 g/mol. The van der Waals surface area contributed by atoms with Gasteiger partial charge in [0.05, 0.1) is 12.6 Å². The lowest BCUT2D eigenvalue weighted by atomic mass is 9.88. The zero-order valence-electron chi connectivity index (χ0n) is 18.0. The number of amides is 2. The maximum Gasteiger partial charge on any atom is 0.223 e. The van der Waals surface area contributed by atoms with E-state index in [1.807, 2.05) is 51.1 Å². The number of benzene rings is 1. The Hall–Kier alpha value is -2.50. The lowest BCUT2D eigenvalue weighted by Crippen LogP contribution is -2.44. The smallest absolute Gasteiger partial charge is 0.223 e. The average Bonchev–Trinajstić information content (AvgIpc) is 2.65. The summed E-state index contributed by atoms with van der Waals surface area (Å²) in [6, 6.07) is 8.83. The van der Waals surface area contributed by atoms with Crippen molar-refractivity contribution >= 4 is 23.4 Å². The van der Waals surface area contributed by atoms with Crippen LogP contribution in [0.15, 0.2) is 30.3 Å². The Morgan fingerprint density at radius 1 is 1.03 bits per heavy atom. The summed E-state index contributed by atoms with van der Waals surface area (Å²) < 4.78 is 0. The van der Waals surface area contributed by atoms with E-state index in [-0.39, 0.29) is 42.3 Å². The van der Waals surface area contributed by atoms with E-state index >= 15 is 0 Å². The van der Waals surface area contributed by atoms with E-state index in [1.165, 1.54) is 6.92 Å². The van der Waals surface area contributed by atoms with Gasteiger partial charge in [-0.2, -0.15) is 0 Å². The van der Waals surface area contributed by atoms with Gasteiger partial charge in [0.25, 0.3) is 0 Å². The van der Waals surface area contributed by atoms with Crippen molar-refractivity contribution in [3.8, 4) is 0 Å². The molecule has 29 heavy (non-hydrogen) atoms. The molecule has 1 aromatic rings.